The molecule has 2 rings (SSSR count). The molecule has 0 aliphatic carbocycles. The SMILES string of the molecule is Cc1c(Br)cccc1Nc1ccc(Br)cc1C#N. The summed E-state index contributed by atoms with van der Waals surface area (Å²) in [5.74, 6) is 0. The first-order valence-electron chi connectivity index (χ1n) is 5.33. The Morgan fingerprint density at radius 1 is 1.11 bits per heavy atom. The van der Waals surface area contributed by atoms with Gasteiger partial charge in [-0.3, -0.25) is 0 Å². The van der Waals surface area contributed by atoms with E-state index in [9.17, 15) is 0 Å². The molecule has 18 heavy (non-hydrogen) atoms. The summed E-state index contributed by atoms with van der Waals surface area (Å²) < 4.78 is 1.94. The van der Waals surface area contributed by atoms with Crippen LogP contribution >= 0.6 is 31.9 Å². The smallest absolute Gasteiger partial charge is 0.101 e. The molecule has 0 aliphatic rings. The van der Waals surface area contributed by atoms with Gasteiger partial charge in [0.2, 0.25) is 0 Å². The number of nitrogens with one attached hydrogen (secondary N) is 1. The maximum atomic E-state index is 9.12. The molecule has 0 amide bonds. The Labute approximate surface area is 123 Å². The van der Waals surface area contributed by atoms with E-state index >= 15 is 0 Å². The van der Waals surface area contributed by atoms with Gasteiger partial charge in [0, 0.05) is 14.6 Å². The number of hydrogen-bond donors (Lipinski definition) is 1. The molecular weight excluding hydrogens is 356 g/mol. The molecule has 0 unspecified atom stereocenters. The van der Waals surface area contributed by atoms with Crippen LogP contribution in [0.25, 0.3) is 0 Å². The molecule has 0 saturated carbocycles. The summed E-state index contributed by atoms with van der Waals surface area (Å²) in [4.78, 5) is 0. The van der Waals surface area contributed by atoms with Crippen molar-refractivity contribution >= 4 is 43.2 Å². The van der Waals surface area contributed by atoms with Gasteiger partial charge < -0.3 is 5.32 Å². The van der Waals surface area contributed by atoms with Gasteiger partial charge in [-0.2, -0.15) is 5.26 Å². The Morgan fingerprint density at radius 3 is 2.61 bits per heavy atom. The van der Waals surface area contributed by atoms with Crippen molar-refractivity contribution < 1.29 is 0 Å². The van der Waals surface area contributed by atoms with Crippen molar-refractivity contribution in [1.82, 2.24) is 0 Å². The Morgan fingerprint density at radius 2 is 1.89 bits per heavy atom. The topological polar surface area (TPSA) is 35.8 Å². The highest BCUT2D eigenvalue weighted by Crippen LogP contribution is 2.29. The van der Waals surface area contributed by atoms with Gasteiger partial charge in [0.25, 0.3) is 0 Å². The minimum Gasteiger partial charge on any atom is -0.354 e. The van der Waals surface area contributed by atoms with E-state index in [-0.39, 0.29) is 0 Å². The van der Waals surface area contributed by atoms with E-state index in [2.05, 4.69) is 43.2 Å². The van der Waals surface area contributed by atoms with E-state index in [1.165, 1.54) is 0 Å². The lowest BCUT2D eigenvalue weighted by molar-refractivity contribution is 1.39. The largest absolute Gasteiger partial charge is 0.354 e. The van der Waals surface area contributed by atoms with Crippen molar-refractivity contribution in [3.63, 3.8) is 0 Å². The standard InChI is InChI=1S/C14H10Br2N2/c1-9-12(16)3-2-4-13(9)18-14-6-5-11(15)7-10(14)8-17/h2-7,18H,1H3. The highest BCUT2D eigenvalue weighted by atomic mass is 79.9. The van der Waals surface area contributed by atoms with E-state index in [0.717, 1.165) is 25.9 Å². The molecule has 2 aromatic rings. The van der Waals surface area contributed by atoms with Gasteiger partial charge in [-0.25, -0.2) is 0 Å². The third-order valence-corrected chi connectivity index (χ3v) is 3.99. The van der Waals surface area contributed by atoms with Crippen LogP contribution in [-0.2, 0) is 0 Å². The molecule has 90 valence electrons. The molecule has 1 N–H and O–H groups in total. The Kier molecular flexibility index (Phi) is 4.05. The van der Waals surface area contributed by atoms with E-state index in [1.807, 2.05) is 37.3 Å². The van der Waals surface area contributed by atoms with Crippen LogP contribution in [0.15, 0.2) is 45.3 Å². The second-order valence-corrected chi connectivity index (χ2v) is 5.61. The fourth-order valence-electron chi connectivity index (χ4n) is 1.61. The van der Waals surface area contributed by atoms with Gasteiger partial charge in [0.05, 0.1) is 11.3 Å². The number of anilines is 2. The quantitative estimate of drug-likeness (QED) is 0.800. The monoisotopic (exact) mass is 364 g/mol. The Bertz CT molecular complexity index is 630. The number of rotatable bonds is 2. The molecule has 0 saturated heterocycles. The molecule has 0 spiro atoms. The predicted molar refractivity (Wildman–Crippen MR) is 81.0 cm³/mol. The zero-order valence-corrected chi connectivity index (χ0v) is 12.8. The van der Waals surface area contributed by atoms with Crippen LogP contribution in [0.4, 0.5) is 11.4 Å². The summed E-state index contributed by atoms with van der Waals surface area (Å²) in [6.45, 7) is 2.03. The average Bonchev–Trinajstić information content (AvgIpc) is 2.37. The number of hydrogen-bond acceptors (Lipinski definition) is 2. The van der Waals surface area contributed by atoms with Crippen LogP contribution < -0.4 is 5.32 Å². The summed E-state index contributed by atoms with van der Waals surface area (Å²) in [5.41, 5.74) is 3.53. The van der Waals surface area contributed by atoms with Gasteiger partial charge in [-0.1, -0.05) is 37.9 Å². The zero-order chi connectivity index (χ0) is 13.1. The molecule has 0 atom stereocenters. The molecule has 0 radical (unpaired) electrons. The van der Waals surface area contributed by atoms with Crippen LogP contribution in [0, 0.1) is 18.3 Å². The maximum absolute atomic E-state index is 9.12. The molecule has 0 fully saturated rings. The van der Waals surface area contributed by atoms with Crippen molar-refractivity contribution in [3.8, 4) is 6.07 Å². The second kappa shape index (κ2) is 5.55. The minimum atomic E-state index is 0.615. The summed E-state index contributed by atoms with van der Waals surface area (Å²) in [5, 5.41) is 12.4. The van der Waals surface area contributed by atoms with Gasteiger partial charge in [-0.15, -0.1) is 0 Å². The van der Waals surface area contributed by atoms with Crippen molar-refractivity contribution in [2.24, 2.45) is 0 Å². The summed E-state index contributed by atoms with van der Waals surface area (Å²) in [7, 11) is 0. The summed E-state index contributed by atoms with van der Waals surface area (Å²) in [6.07, 6.45) is 0. The Hall–Kier alpha value is -1.31. The lowest BCUT2D eigenvalue weighted by Gasteiger charge is -2.12. The average molecular weight is 366 g/mol. The predicted octanol–water partition coefficient (Wildman–Crippen LogP) is 5.14. The normalized spacial score (nSPS) is 9.89. The van der Waals surface area contributed by atoms with Crippen LogP contribution in [0.1, 0.15) is 11.1 Å². The molecule has 2 aromatic carbocycles. The van der Waals surface area contributed by atoms with E-state index < -0.39 is 0 Å². The van der Waals surface area contributed by atoms with Crippen molar-refractivity contribution in [1.29, 1.82) is 5.26 Å². The third-order valence-electron chi connectivity index (χ3n) is 2.64. The Balaban J connectivity index is 2.41. The van der Waals surface area contributed by atoms with Crippen molar-refractivity contribution in [2.75, 3.05) is 5.32 Å². The molecule has 0 heterocycles. The lowest BCUT2D eigenvalue weighted by atomic mass is 10.1. The summed E-state index contributed by atoms with van der Waals surface area (Å²) >= 11 is 6.86. The van der Waals surface area contributed by atoms with E-state index in [0.29, 0.717) is 5.56 Å². The van der Waals surface area contributed by atoms with Gasteiger partial charge in [0.1, 0.15) is 6.07 Å². The molecule has 2 nitrogen and oxygen atoms in total. The first kappa shape index (κ1) is 13.1. The fourth-order valence-corrected chi connectivity index (χ4v) is 2.33. The first-order chi connectivity index (χ1) is 8.61. The van der Waals surface area contributed by atoms with Crippen LogP contribution in [0.2, 0.25) is 0 Å². The van der Waals surface area contributed by atoms with Crippen LogP contribution in [-0.4, -0.2) is 0 Å². The number of halogens is 2. The molecule has 4 heteroatoms. The number of nitrogens with zero attached hydrogens (tertiary/aromatic N) is 1. The van der Waals surface area contributed by atoms with Crippen molar-refractivity contribution in [2.45, 2.75) is 6.92 Å². The van der Waals surface area contributed by atoms with Gasteiger partial charge in [0.15, 0.2) is 0 Å². The highest BCUT2D eigenvalue weighted by Gasteiger charge is 2.06. The van der Waals surface area contributed by atoms with Gasteiger partial charge >= 0.3 is 0 Å². The van der Waals surface area contributed by atoms with Crippen LogP contribution in [0.3, 0.4) is 0 Å². The van der Waals surface area contributed by atoms with Gasteiger partial charge in [-0.05, 0) is 42.8 Å². The third kappa shape index (κ3) is 2.74. The molecule has 0 bridgehead atoms. The molecule has 0 aliphatic heterocycles. The number of benzene rings is 2. The first-order valence-corrected chi connectivity index (χ1v) is 6.92. The zero-order valence-electron chi connectivity index (χ0n) is 9.67. The number of nitriles is 1. The summed E-state index contributed by atoms with van der Waals surface area (Å²) in [6, 6.07) is 13.7. The highest BCUT2D eigenvalue weighted by molar-refractivity contribution is 9.10. The second-order valence-electron chi connectivity index (χ2n) is 3.84. The van der Waals surface area contributed by atoms with E-state index in [1.54, 1.807) is 6.07 Å². The molecular formula is C14H10Br2N2. The van der Waals surface area contributed by atoms with Crippen molar-refractivity contribution in [3.05, 3.63) is 56.5 Å². The van der Waals surface area contributed by atoms with Crippen LogP contribution in [0.5, 0.6) is 0 Å². The van der Waals surface area contributed by atoms with E-state index in [4.69, 9.17) is 5.26 Å². The minimum absolute atomic E-state index is 0.615. The fraction of sp³-hybridized carbons (Fsp3) is 0.0714. The lowest BCUT2D eigenvalue weighted by Crippen LogP contribution is -1.96. The molecule has 0 aromatic heterocycles. The maximum Gasteiger partial charge on any atom is 0.101 e.